The molecule has 2 heterocycles. The number of nitrogens with zero attached hydrogens (tertiary/aromatic N) is 2. The maximum Gasteiger partial charge on any atom is 0.417 e. The van der Waals surface area contributed by atoms with Gasteiger partial charge in [-0.3, -0.25) is 19.5 Å². The van der Waals surface area contributed by atoms with Crippen LogP contribution in [0.5, 0.6) is 5.75 Å². The number of aromatic amines is 1. The summed E-state index contributed by atoms with van der Waals surface area (Å²) < 4.78 is 10.5. The molecule has 1 aliphatic rings. The molecule has 0 bridgehead atoms. The van der Waals surface area contributed by atoms with E-state index < -0.39 is 5.76 Å². The fourth-order valence-electron chi connectivity index (χ4n) is 3.51. The molecule has 1 amide bonds. The first-order valence-electron chi connectivity index (χ1n) is 10.0. The Bertz CT molecular complexity index is 1130. The summed E-state index contributed by atoms with van der Waals surface area (Å²) in [6.07, 6.45) is 0.355. The molecule has 4 rings (SSSR count). The van der Waals surface area contributed by atoms with E-state index in [4.69, 9.17) is 20.8 Å². The molecule has 0 atom stereocenters. The van der Waals surface area contributed by atoms with Crippen LogP contribution in [0.15, 0.2) is 51.7 Å². The Labute approximate surface area is 183 Å². The largest absolute Gasteiger partial charge is 0.484 e. The van der Waals surface area contributed by atoms with Gasteiger partial charge in [0.15, 0.2) is 18.0 Å². The normalized spacial score (nSPS) is 14.7. The number of H-pyrrole nitrogens is 1. The minimum absolute atomic E-state index is 0.0133. The summed E-state index contributed by atoms with van der Waals surface area (Å²) >= 11 is 5.84. The standard InChI is InChI=1S/C22H22ClN3O5/c23-16-2-4-17(5-3-16)30-14-21(28)26-11-9-25(10-12-26)8-7-19(27)15-1-6-18-20(13-15)31-22(29)24-18/h1-6,13H,7-12,14H2,(H,24,29). The van der Waals surface area contributed by atoms with Crippen molar-refractivity contribution >= 4 is 34.4 Å². The number of hydrogen-bond acceptors (Lipinski definition) is 6. The lowest BCUT2D eigenvalue weighted by Crippen LogP contribution is -2.50. The van der Waals surface area contributed by atoms with E-state index in [0.717, 1.165) is 0 Å². The van der Waals surface area contributed by atoms with Crippen molar-refractivity contribution in [3.05, 3.63) is 63.6 Å². The third-order valence-electron chi connectivity index (χ3n) is 5.30. The fraction of sp³-hybridized carbons (Fsp3) is 0.318. The molecule has 1 N–H and O–H groups in total. The maximum absolute atomic E-state index is 12.5. The van der Waals surface area contributed by atoms with E-state index in [2.05, 4.69) is 9.88 Å². The number of nitrogens with one attached hydrogen (secondary N) is 1. The number of ketones is 1. The van der Waals surface area contributed by atoms with Gasteiger partial charge in [0.2, 0.25) is 0 Å². The Kier molecular flexibility index (Phi) is 6.39. The van der Waals surface area contributed by atoms with Gasteiger partial charge in [-0.05, 0) is 42.5 Å². The first kappa shape index (κ1) is 21.1. The predicted molar refractivity (Wildman–Crippen MR) is 116 cm³/mol. The van der Waals surface area contributed by atoms with Crippen molar-refractivity contribution in [3.8, 4) is 5.75 Å². The highest BCUT2D eigenvalue weighted by molar-refractivity contribution is 6.30. The highest BCUT2D eigenvalue weighted by atomic mass is 35.5. The van der Waals surface area contributed by atoms with Crippen molar-refractivity contribution in [3.63, 3.8) is 0 Å². The third-order valence-corrected chi connectivity index (χ3v) is 5.55. The number of Topliss-reactive ketones (excluding diaryl/α,β-unsaturated/α-hetero) is 1. The van der Waals surface area contributed by atoms with Crippen LogP contribution in [0.4, 0.5) is 0 Å². The molecule has 0 saturated carbocycles. The van der Waals surface area contributed by atoms with Crippen LogP contribution < -0.4 is 10.5 Å². The van der Waals surface area contributed by atoms with Crippen molar-refractivity contribution in [2.24, 2.45) is 0 Å². The smallest absolute Gasteiger partial charge is 0.417 e. The third kappa shape index (κ3) is 5.34. The minimum atomic E-state index is -0.536. The van der Waals surface area contributed by atoms with Crippen LogP contribution in [0.3, 0.4) is 0 Å². The van der Waals surface area contributed by atoms with Crippen LogP contribution in [0.2, 0.25) is 5.02 Å². The molecule has 0 aliphatic carbocycles. The summed E-state index contributed by atoms with van der Waals surface area (Å²) in [5, 5.41) is 0.616. The minimum Gasteiger partial charge on any atom is -0.484 e. The molecule has 2 aromatic carbocycles. The molecule has 0 spiro atoms. The number of ether oxygens (including phenoxy) is 1. The number of carbonyl (C=O) groups excluding carboxylic acids is 2. The summed E-state index contributed by atoms with van der Waals surface area (Å²) in [5.74, 6) is -0.00910. The number of benzene rings is 2. The summed E-state index contributed by atoms with van der Waals surface area (Å²) in [4.78, 5) is 42.6. The second-order valence-corrected chi connectivity index (χ2v) is 7.80. The maximum atomic E-state index is 12.5. The van der Waals surface area contributed by atoms with E-state index in [-0.39, 0.29) is 18.3 Å². The average Bonchev–Trinajstić information content (AvgIpc) is 3.16. The Morgan fingerprint density at radius 1 is 1.06 bits per heavy atom. The van der Waals surface area contributed by atoms with Gasteiger partial charge in [0, 0.05) is 49.7 Å². The Morgan fingerprint density at radius 2 is 1.81 bits per heavy atom. The Morgan fingerprint density at radius 3 is 2.55 bits per heavy atom. The molecule has 9 heteroatoms. The van der Waals surface area contributed by atoms with Crippen LogP contribution in [0.1, 0.15) is 16.8 Å². The quantitative estimate of drug-likeness (QED) is 0.564. The second-order valence-electron chi connectivity index (χ2n) is 7.36. The van der Waals surface area contributed by atoms with Gasteiger partial charge in [-0.25, -0.2) is 4.79 Å². The number of hydrogen-bond donors (Lipinski definition) is 1. The summed E-state index contributed by atoms with van der Waals surface area (Å²) in [5.41, 5.74) is 1.47. The Hall–Kier alpha value is -3.10. The predicted octanol–water partition coefficient (Wildman–Crippen LogP) is 2.57. The van der Waals surface area contributed by atoms with Crippen LogP contribution in [-0.4, -0.2) is 65.8 Å². The zero-order chi connectivity index (χ0) is 21.8. The average molecular weight is 444 g/mol. The number of oxazole rings is 1. The van der Waals surface area contributed by atoms with E-state index >= 15 is 0 Å². The lowest BCUT2D eigenvalue weighted by atomic mass is 10.1. The van der Waals surface area contributed by atoms with Crippen molar-refractivity contribution in [1.29, 1.82) is 0 Å². The van der Waals surface area contributed by atoms with Crippen LogP contribution in [0.25, 0.3) is 11.1 Å². The lowest BCUT2D eigenvalue weighted by molar-refractivity contribution is -0.135. The first-order valence-corrected chi connectivity index (χ1v) is 10.4. The highest BCUT2D eigenvalue weighted by Crippen LogP contribution is 2.16. The SMILES string of the molecule is O=C(CCN1CCN(C(=O)COc2ccc(Cl)cc2)CC1)c1ccc2[nH]c(=O)oc2c1. The molecular formula is C22H22ClN3O5. The number of halogens is 1. The second kappa shape index (κ2) is 9.36. The monoisotopic (exact) mass is 443 g/mol. The number of amides is 1. The molecule has 1 fully saturated rings. The van der Waals surface area contributed by atoms with Crippen molar-refractivity contribution < 1.29 is 18.7 Å². The van der Waals surface area contributed by atoms with Gasteiger partial charge in [0.05, 0.1) is 5.52 Å². The number of piperazine rings is 1. The molecule has 1 saturated heterocycles. The van der Waals surface area contributed by atoms with Gasteiger partial charge in [0.1, 0.15) is 5.75 Å². The Balaban J connectivity index is 1.21. The molecule has 162 valence electrons. The topological polar surface area (TPSA) is 95.9 Å². The van der Waals surface area contributed by atoms with Gasteiger partial charge in [-0.1, -0.05) is 11.6 Å². The number of fused-ring (bicyclic) bond motifs is 1. The summed E-state index contributed by atoms with van der Waals surface area (Å²) in [7, 11) is 0. The van der Waals surface area contributed by atoms with Gasteiger partial charge in [0.25, 0.3) is 5.91 Å². The van der Waals surface area contributed by atoms with E-state index in [1.807, 2.05) is 0 Å². The van der Waals surface area contributed by atoms with Gasteiger partial charge >= 0.3 is 5.76 Å². The zero-order valence-electron chi connectivity index (χ0n) is 16.8. The van der Waals surface area contributed by atoms with Crippen LogP contribution >= 0.6 is 11.6 Å². The van der Waals surface area contributed by atoms with Crippen molar-refractivity contribution in [1.82, 2.24) is 14.8 Å². The molecule has 31 heavy (non-hydrogen) atoms. The highest BCUT2D eigenvalue weighted by Gasteiger charge is 2.22. The first-order chi connectivity index (χ1) is 15.0. The number of aromatic nitrogens is 1. The molecule has 3 aromatic rings. The zero-order valence-corrected chi connectivity index (χ0v) is 17.6. The number of carbonyl (C=O) groups is 2. The number of rotatable bonds is 7. The van der Waals surface area contributed by atoms with Gasteiger partial charge < -0.3 is 14.1 Å². The van der Waals surface area contributed by atoms with E-state index in [9.17, 15) is 14.4 Å². The lowest BCUT2D eigenvalue weighted by Gasteiger charge is -2.34. The molecule has 0 radical (unpaired) electrons. The summed E-state index contributed by atoms with van der Waals surface area (Å²) in [6.45, 7) is 3.18. The van der Waals surface area contributed by atoms with Crippen molar-refractivity contribution in [2.45, 2.75) is 6.42 Å². The van der Waals surface area contributed by atoms with E-state index in [0.29, 0.717) is 66.6 Å². The van der Waals surface area contributed by atoms with E-state index in [1.54, 1.807) is 47.4 Å². The fourth-order valence-corrected chi connectivity index (χ4v) is 3.64. The molecular weight excluding hydrogens is 422 g/mol. The molecule has 0 unspecified atom stereocenters. The molecule has 8 nitrogen and oxygen atoms in total. The van der Waals surface area contributed by atoms with E-state index in [1.165, 1.54) is 0 Å². The summed E-state index contributed by atoms with van der Waals surface area (Å²) in [6, 6.07) is 11.8. The van der Waals surface area contributed by atoms with Crippen molar-refractivity contribution in [2.75, 3.05) is 39.3 Å². The van der Waals surface area contributed by atoms with Crippen LogP contribution in [-0.2, 0) is 4.79 Å². The molecule has 1 aromatic heterocycles. The van der Waals surface area contributed by atoms with Gasteiger partial charge in [-0.2, -0.15) is 0 Å². The van der Waals surface area contributed by atoms with Crippen LogP contribution in [0, 0.1) is 0 Å². The van der Waals surface area contributed by atoms with Gasteiger partial charge in [-0.15, -0.1) is 0 Å². The molecule has 1 aliphatic heterocycles.